The van der Waals surface area contributed by atoms with E-state index < -0.39 is 36.6 Å². The molecule has 10 heteroatoms. The SMILES string of the molecule is O=C(COc1ccccc1C(F)(F)F)NCCc1nccn1C(F)F. The van der Waals surface area contributed by atoms with E-state index in [2.05, 4.69) is 10.3 Å². The van der Waals surface area contributed by atoms with E-state index in [1.807, 2.05) is 0 Å². The highest BCUT2D eigenvalue weighted by Gasteiger charge is 2.34. The zero-order valence-electron chi connectivity index (χ0n) is 12.8. The lowest BCUT2D eigenvalue weighted by Gasteiger charge is -2.13. The predicted octanol–water partition coefficient (Wildman–Crippen LogP) is 3.03. The molecule has 0 unspecified atom stereocenters. The zero-order valence-corrected chi connectivity index (χ0v) is 12.8. The summed E-state index contributed by atoms with van der Waals surface area (Å²) in [5.41, 5.74) is -0.984. The van der Waals surface area contributed by atoms with Crippen LogP contribution in [0.1, 0.15) is 17.9 Å². The van der Waals surface area contributed by atoms with Gasteiger partial charge in [-0.1, -0.05) is 12.1 Å². The quantitative estimate of drug-likeness (QED) is 0.770. The van der Waals surface area contributed by atoms with E-state index in [1.165, 1.54) is 18.3 Å². The first kappa shape index (κ1) is 18.7. The second kappa shape index (κ2) is 7.95. The van der Waals surface area contributed by atoms with Crippen LogP contribution >= 0.6 is 0 Å². The molecule has 2 aromatic rings. The molecule has 0 aliphatic heterocycles. The van der Waals surface area contributed by atoms with Crippen molar-refractivity contribution in [3.05, 3.63) is 48.0 Å². The van der Waals surface area contributed by atoms with E-state index in [4.69, 9.17) is 4.74 Å². The van der Waals surface area contributed by atoms with Crippen LogP contribution in [0.3, 0.4) is 0 Å². The molecule has 0 aliphatic rings. The number of amides is 1. The summed E-state index contributed by atoms with van der Waals surface area (Å²) in [6.07, 6.45) is -2.23. The number of hydrogen-bond donors (Lipinski definition) is 1. The maximum atomic E-state index is 12.8. The van der Waals surface area contributed by atoms with Gasteiger partial charge >= 0.3 is 12.7 Å². The van der Waals surface area contributed by atoms with Crippen molar-refractivity contribution in [1.29, 1.82) is 0 Å². The number of aromatic nitrogens is 2. The molecule has 0 bridgehead atoms. The lowest BCUT2D eigenvalue weighted by molar-refractivity contribution is -0.139. The van der Waals surface area contributed by atoms with Gasteiger partial charge in [-0.2, -0.15) is 22.0 Å². The van der Waals surface area contributed by atoms with Crippen LogP contribution in [0.4, 0.5) is 22.0 Å². The standard InChI is InChI=1S/C15H14F5N3O2/c16-14(17)23-8-7-21-12(23)5-6-22-13(24)9-25-11-4-2-1-3-10(11)15(18,19)20/h1-4,7-8,14H,5-6,9H2,(H,22,24). The van der Waals surface area contributed by atoms with Crippen LogP contribution in [0.2, 0.25) is 0 Å². The van der Waals surface area contributed by atoms with Crippen LogP contribution in [0, 0.1) is 0 Å². The molecule has 0 aliphatic carbocycles. The number of ether oxygens (including phenoxy) is 1. The summed E-state index contributed by atoms with van der Waals surface area (Å²) >= 11 is 0. The fraction of sp³-hybridized carbons (Fsp3) is 0.333. The number of imidazole rings is 1. The molecule has 1 heterocycles. The van der Waals surface area contributed by atoms with Gasteiger partial charge in [0.05, 0.1) is 5.56 Å². The number of hydrogen-bond acceptors (Lipinski definition) is 3. The van der Waals surface area contributed by atoms with Crippen LogP contribution in [-0.2, 0) is 17.4 Å². The van der Waals surface area contributed by atoms with Crippen molar-refractivity contribution in [1.82, 2.24) is 14.9 Å². The largest absolute Gasteiger partial charge is 0.483 e. The van der Waals surface area contributed by atoms with Gasteiger partial charge in [0.15, 0.2) is 6.61 Å². The number of benzene rings is 1. The highest BCUT2D eigenvalue weighted by Crippen LogP contribution is 2.35. The Kier molecular flexibility index (Phi) is 5.94. The molecule has 5 nitrogen and oxygen atoms in total. The summed E-state index contributed by atoms with van der Waals surface area (Å²) in [6.45, 7) is -3.38. The van der Waals surface area contributed by atoms with Crippen LogP contribution in [-0.4, -0.2) is 28.6 Å². The van der Waals surface area contributed by atoms with Gasteiger partial charge in [-0.05, 0) is 12.1 Å². The fourth-order valence-corrected chi connectivity index (χ4v) is 2.05. The average molecular weight is 363 g/mol. The Labute approximate surface area is 139 Å². The Balaban J connectivity index is 1.83. The lowest BCUT2D eigenvalue weighted by Crippen LogP contribution is -2.31. The van der Waals surface area contributed by atoms with Gasteiger partial charge in [0.25, 0.3) is 5.91 Å². The van der Waals surface area contributed by atoms with Crippen LogP contribution < -0.4 is 10.1 Å². The molecule has 0 radical (unpaired) electrons. The number of halogens is 5. The minimum atomic E-state index is -4.60. The van der Waals surface area contributed by atoms with Crippen molar-refractivity contribution in [2.75, 3.05) is 13.2 Å². The maximum absolute atomic E-state index is 12.8. The summed E-state index contributed by atoms with van der Waals surface area (Å²) < 4.78 is 69.1. The zero-order chi connectivity index (χ0) is 18.4. The van der Waals surface area contributed by atoms with Crippen molar-refractivity contribution in [2.45, 2.75) is 19.1 Å². The highest BCUT2D eigenvalue weighted by atomic mass is 19.4. The van der Waals surface area contributed by atoms with E-state index in [0.717, 1.165) is 18.3 Å². The molecule has 1 amide bonds. The third-order valence-electron chi connectivity index (χ3n) is 3.18. The number of nitrogens with one attached hydrogen (secondary N) is 1. The Morgan fingerprint density at radius 3 is 2.68 bits per heavy atom. The Bertz CT molecular complexity index is 715. The molecular weight excluding hydrogens is 349 g/mol. The molecule has 1 N–H and O–H groups in total. The van der Waals surface area contributed by atoms with E-state index in [-0.39, 0.29) is 18.8 Å². The van der Waals surface area contributed by atoms with Gasteiger partial charge in [0.2, 0.25) is 0 Å². The van der Waals surface area contributed by atoms with Gasteiger partial charge in [0, 0.05) is 25.4 Å². The average Bonchev–Trinajstić information content (AvgIpc) is 3.01. The monoisotopic (exact) mass is 363 g/mol. The second-order valence-corrected chi connectivity index (χ2v) is 4.91. The minimum absolute atomic E-state index is 0.00710. The lowest BCUT2D eigenvalue weighted by atomic mass is 10.2. The van der Waals surface area contributed by atoms with E-state index in [9.17, 15) is 26.7 Å². The highest BCUT2D eigenvalue weighted by molar-refractivity contribution is 5.77. The van der Waals surface area contributed by atoms with Gasteiger partial charge in [-0.25, -0.2) is 4.98 Å². The first-order valence-corrected chi connectivity index (χ1v) is 7.14. The summed E-state index contributed by atoms with van der Waals surface area (Å²) in [4.78, 5) is 15.4. The van der Waals surface area contributed by atoms with Crippen LogP contribution in [0.25, 0.3) is 0 Å². The molecule has 1 aromatic carbocycles. The molecule has 0 atom stereocenters. The number of nitrogens with zero attached hydrogens (tertiary/aromatic N) is 2. The number of alkyl halides is 5. The Hall–Kier alpha value is -2.65. The molecule has 25 heavy (non-hydrogen) atoms. The fourth-order valence-electron chi connectivity index (χ4n) is 2.05. The van der Waals surface area contributed by atoms with Gasteiger partial charge < -0.3 is 10.1 Å². The summed E-state index contributed by atoms with van der Waals surface area (Å²) in [5, 5.41) is 2.37. The maximum Gasteiger partial charge on any atom is 0.419 e. The summed E-state index contributed by atoms with van der Waals surface area (Å²) in [7, 11) is 0. The molecule has 0 fully saturated rings. The first-order valence-electron chi connectivity index (χ1n) is 7.14. The number of rotatable bonds is 7. The third kappa shape index (κ3) is 5.16. The third-order valence-corrected chi connectivity index (χ3v) is 3.18. The number of carbonyl (C=O) groups is 1. The topological polar surface area (TPSA) is 56.1 Å². The van der Waals surface area contributed by atoms with Crippen molar-refractivity contribution in [2.24, 2.45) is 0 Å². The molecule has 0 saturated carbocycles. The minimum Gasteiger partial charge on any atom is -0.483 e. The molecule has 2 rings (SSSR count). The molecular formula is C15H14F5N3O2. The van der Waals surface area contributed by atoms with Gasteiger partial charge in [-0.15, -0.1) is 0 Å². The molecule has 0 saturated heterocycles. The summed E-state index contributed by atoms with van der Waals surface area (Å²) in [5.74, 6) is -1.05. The molecule has 1 aromatic heterocycles. The van der Waals surface area contributed by atoms with Gasteiger partial charge in [-0.3, -0.25) is 9.36 Å². The summed E-state index contributed by atoms with van der Waals surface area (Å²) in [6, 6.07) is 4.51. The van der Waals surface area contributed by atoms with E-state index in [0.29, 0.717) is 4.57 Å². The van der Waals surface area contributed by atoms with Crippen molar-refractivity contribution >= 4 is 5.91 Å². The van der Waals surface area contributed by atoms with Crippen molar-refractivity contribution in [3.63, 3.8) is 0 Å². The van der Waals surface area contributed by atoms with Crippen molar-refractivity contribution < 1.29 is 31.5 Å². The molecule has 136 valence electrons. The van der Waals surface area contributed by atoms with E-state index in [1.54, 1.807) is 0 Å². The predicted molar refractivity (Wildman–Crippen MR) is 77.1 cm³/mol. The van der Waals surface area contributed by atoms with Crippen LogP contribution in [0.5, 0.6) is 5.75 Å². The smallest absolute Gasteiger partial charge is 0.419 e. The second-order valence-electron chi connectivity index (χ2n) is 4.91. The van der Waals surface area contributed by atoms with E-state index >= 15 is 0 Å². The Morgan fingerprint density at radius 1 is 1.28 bits per heavy atom. The first-order chi connectivity index (χ1) is 11.8. The molecule has 0 spiro atoms. The number of carbonyl (C=O) groups excluding carboxylic acids is 1. The van der Waals surface area contributed by atoms with Crippen molar-refractivity contribution in [3.8, 4) is 5.75 Å². The number of para-hydroxylation sites is 1. The van der Waals surface area contributed by atoms with Crippen LogP contribution in [0.15, 0.2) is 36.7 Å². The Morgan fingerprint density at radius 2 is 2.00 bits per heavy atom. The normalized spacial score (nSPS) is 11.6. The van der Waals surface area contributed by atoms with Gasteiger partial charge in [0.1, 0.15) is 11.6 Å².